The van der Waals surface area contributed by atoms with Gasteiger partial charge in [0.15, 0.2) is 0 Å². The number of hydrogen-bond acceptors (Lipinski definition) is 2. The fraction of sp³-hybridized carbons (Fsp3) is 0.0182. The fourth-order valence-corrected chi connectivity index (χ4v) is 10.6. The van der Waals surface area contributed by atoms with Crippen LogP contribution in [-0.2, 0) is 5.41 Å². The number of fused-ring (bicyclic) bond motifs is 16. The number of nitrogens with zero attached hydrogens (tertiary/aromatic N) is 4. The van der Waals surface area contributed by atoms with Crippen LogP contribution >= 0.6 is 0 Å². The molecule has 4 heteroatoms. The van der Waals surface area contributed by atoms with E-state index in [1.165, 1.54) is 60.5 Å². The molecule has 0 bridgehead atoms. The second kappa shape index (κ2) is 11.8. The van der Waals surface area contributed by atoms with E-state index < -0.39 is 5.41 Å². The van der Waals surface area contributed by atoms with Crippen LogP contribution in [0.5, 0.6) is 0 Å². The molecule has 1 spiro atoms. The Morgan fingerprint density at radius 2 is 0.780 bits per heavy atom. The Bertz CT molecular complexity index is 3360. The lowest BCUT2D eigenvalue weighted by molar-refractivity contribution is 0.793. The highest BCUT2D eigenvalue weighted by atomic mass is 15.1. The quantitative estimate of drug-likeness (QED) is 0.181. The number of para-hydroxylation sites is 4. The van der Waals surface area contributed by atoms with Crippen molar-refractivity contribution in [2.24, 2.45) is 0 Å². The Morgan fingerprint density at radius 3 is 1.27 bits per heavy atom. The molecule has 2 aliphatic carbocycles. The van der Waals surface area contributed by atoms with Gasteiger partial charge < -0.3 is 0 Å². The van der Waals surface area contributed by atoms with Gasteiger partial charge in [-0.3, -0.25) is 9.13 Å². The maximum atomic E-state index is 10.2. The molecule has 13 rings (SSSR count). The molecule has 59 heavy (non-hydrogen) atoms. The summed E-state index contributed by atoms with van der Waals surface area (Å²) in [7, 11) is 0. The summed E-state index contributed by atoms with van der Waals surface area (Å²) in [6, 6.07) is 72.4. The molecule has 0 fully saturated rings. The number of benzene rings is 8. The summed E-state index contributed by atoms with van der Waals surface area (Å²) in [5.74, 6) is 1.70. The molecule has 0 atom stereocenters. The smallest absolute Gasteiger partial charge is 0.140 e. The summed E-state index contributed by atoms with van der Waals surface area (Å²) >= 11 is 0. The lowest BCUT2D eigenvalue weighted by Gasteiger charge is -2.30. The highest BCUT2D eigenvalue weighted by Crippen LogP contribution is 2.63. The van der Waals surface area contributed by atoms with Crippen LogP contribution in [0.4, 0.5) is 0 Å². The number of nitriles is 1. The molecule has 0 saturated carbocycles. The molecule has 3 heterocycles. The molecule has 3 aromatic heterocycles. The van der Waals surface area contributed by atoms with E-state index in [4.69, 9.17) is 4.98 Å². The molecule has 0 amide bonds. The monoisotopic (exact) mass is 748 g/mol. The van der Waals surface area contributed by atoms with Crippen molar-refractivity contribution in [1.82, 2.24) is 14.1 Å². The van der Waals surface area contributed by atoms with Gasteiger partial charge in [-0.2, -0.15) is 5.26 Å². The van der Waals surface area contributed by atoms with Crippen LogP contribution in [0.1, 0.15) is 27.8 Å². The molecule has 0 unspecified atom stereocenters. The van der Waals surface area contributed by atoms with Gasteiger partial charge in [-0.05, 0) is 110 Å². The zero-order valence-corrected chi connectivity index (χ0v) is 31.8. The molecule has 0 aliphatic heterocycles. The molecule has 2 aliphatic rings. The van der Waals surface area contributed by atoms with Crippen LogP contribution in [0, 0.1) is 11.3 Å². The van der Waals surface area contributed by atoms with E-state index in [1.54, 1.807) is 0 Å². The van der Waals surface area contributed by atoms with Gasteiger partial charge in [0.25, 0.3) is 0 Å². The first kappa shape index (κ1) is 32.1. The maximum Gasteiger partial charge on any atom is 0.140 e. The van der Waals surface area contributed by atoms with Crippen molar-refractivity contribution in [3.63, 3.8) is 0 Å². The second-order valence-electron chi connectivity index (χ2n) is 15.8. The Morgan fingerprint density at radius 1 is 0.373 bits per heavy atom. The molecular weight excluding hydrogens is 717 g/mol. The Hall–Kier alpha value is -8.00. The van der Waals surface area contributed by atoms with Crippen molar-refractivity contribution in [2.45, 2.75) is 5.41 Å². The van der Waals surface area contributed by atoms with Gasteiger partial charge in [-0.25, -0.2) is 4.98 Å². The van der Waals surface area contributed by atoms with Crippen molar-refractivity contribution in [3.8, 4) is 51.1 Å². The Kier molecular flexibility index (Phi) is 6.41. The predicted molar refractivity (Wildman–Crippen MR) is 239 cm³/mol. The number of pyridine rings is 1. The van der Waals surface area contributed by atoms with Crippen LogP contribution in [0.3, 0.4) is 0 Å². The predicted octanol–water partition coefficient (Wildman–Crippen LogP) is 13.2. The number of rotatable bonds is 3. The summed E-state index contributed by atoms with van der Waals surface area (Å²) in [6.45, 7) is 0. The first-order chi connectivity index (χ1) is 29.2. The standard InChI is InChI=1S/C55H32N4/c56-33-34-25-27-39-40-28-26-35(30-48(40)55(47(39)29-34)45-19-7-1-13-37(45)38-14-2-8-20-46(38)55)36-31-53(58-49-21-9-3-15-41(49)42-16-4-10-22-50(42)58)57-54(32-36)59-51-23-11-5-17-43(51)44-18-6-12-24-52(44)59/h1-32H. The SMILES string of the molecule is N#Cc1ccc2c(c1)C1(c3ccccc3-c3ccccc31)c1cc(-c3cc(-n4c5ccccc5c5ccccc54)nc(-n4c5ccccc5c5ccccc54)c3)ccc1-2. The zero-order chi connectivity index (χ0) is 38.8. The van der Waals surface area contributed by atoms with E-state index in [0.717, 1.165) is 50.4 Å². The number of aromatic nitrogens is 3. The minimum absolute atomic E-state index is 0.584. The van der Waals surface area contributed by atoms with Crippen LogP contribution in [0.15, 0.2) is 194 Å². The topological polar surface area (TPSA) is 46.5 Å². The van der Waals surface area contributed by atoms with Gasteiger partial charge in [0.05, 0.1) is 39.1 Å². The van der Waals surface area contributed by atoms with Crippen molar-refractivity contribution in [1.29, 1.82) is 5.26 Å². The molecule has 0 saturated heterocycles. The zero-order valence-electron chi connectivity index (χ0n) is 31.8. The minimum atomic E-state index is -0.584. The third-order valence-electron chi connectivity index (χ3n) is 13.0. The maximum absolute atomic E-state index is 10.2. The summed E-state index contributed by atoms with van der Waals surface area (Å²) < 4.78 is 4.65. The van der Waals surface area contributed by atoms with Gasteiger partial charge in [-0.15, -0.1) is 0 Å². The molecule has 4 nitrogen and oxygen atoms in total. The van der Waals surface area contributed by atoms with Gasteiger partial charge >= 0.3 is 0 Å². The lowest BCUT2D eigenvalue weighted by atomic mass is 9.70. The van der Waals surface area contributed by atoms with Crippen LogP contribution in [0.25, 0.3) is 88.6 Å². The summed E-state index contributed by atoms with van der Waals surface area (Å²) in [5, 5.41) is 15.0. The average Bonchev–Trinajstić information content (AvgIpc) is 4.01. The summed E-state index contributed by atoms with van der Waals surface area (Å²) in [4.78, 5) is 5.59. The summed E-state index contributed by atoms with van der Waals surface area (Å²) in [5.41, 5.74) is 16.4. The molecule has 8 aromatic carbocycles. The van der Waals surface area contributed by atoms with Crippen LogP contribution in [-0.4, -0.2) is 14.1 Å². The number of hydrogen-bond donors (Lipinski definition) is 0. The summed E-state index contributed by atoms with van der Waals surface area (Å²) in [6.07, 6.45) is 0. The van der Waals surface area contributed by atoms with E-state index in [1.807, 2.05) is 6.07 Å². The van der Waals surface area contributed by atoms with Gasteiger partial charge in [0, 0.05) is 21.5 Å². The van der Waals surface area contributed by atoms with E-state index >= 15 is 0 Å². The normalized spacial score (nSPS) is 13.2. The van der Waals surface area contributed by atoms with Crippen molar-refractivity contribution in [2.75, 3.05) is 0 Å². The van der Waals surface area contributed by atoms with Crippen molar-refractivity contribution in [3.05, 3.63) is 222 Å². The third kappa shape index (κ3) is 4.18. The fourth-order valence-electron chi connectivity index (χ4n) is 10.6. The molecule has 11 aromatic rings. The van der Waals surface area contributed by atoms with Crippen LogP contribution in [0.2, 0.25) is 0 Å². The molecule has 0 radical (unpaired) electrons. The van der Waals surface area contributed by atoms with Crippen molar-refractivity contribution < 1.29 is 0 Å². The molecule has 0 N–H and O–H groups in total. The van der Waals surface area contributed by atoms with Gasteiger partial charge in [0.2, 0.25) is 0 Å². The Labute approximate surface area is 340 Å². The van der Waals surface area contributed by atoms with E-state index in [0.29, 0.717) is 5.56 Å². The molecule has 272 valence electrons. The average molecular weight is 749 g/mol. The Balaban J connectivity index is 1.13. The largest absolute Gasteiger partial charge is 0.294 e. The first-order valence-corrected chi connectivity index (χ1v) is 20.1. The highest BCUT2D eigenvalue weighted by molar-refractivity contribution is 6.10. The lowest BCUT2D eigenvalue weighted by Crippen LogP contribution is -2.26. The third-order valence-corrected chi connectivity index (χ3v) is 13.0. The van der Waals surface area contributed by atoms with Crippen LogP contribution < -0.4 is 0 Å². The van der Waals surface area contributed by atoms with Crippen molar-refractivity contribution >= 4 is 43.6 Å². The van der Waals surface area contributed by atoms with E-state index in [2.05, 4.69) is 203 Å². The first-order valence-electron chi connectivity index (χ1n) is 20.1. The second-order valence-corrected chi connectivity index (χ2v) is 15.8. The van der Waals surface area contributed by atoms with E-state index in [9.17, 15) is 5.26 Å². The van der Waals surface area contributed by atoms with E-state index in [-0.39, 0.29) is 0 Å². The van der Waals surface area contributed by atoms with Gasteiger partial charge in [0.1, 0.15) is 11.6 Å². The van der Waals surface area contributed by atoms with Gasteiger partial charge in [-0.1, -0.05) is 140 Å². The minimum Gasteiger partial charge on any atom is -0.294 e. The highest BCUT2D eigenvalue weighted by Gasteiger charge is 2.51. The molecular formula is C55H32N4.